The Bertz CT molecular complexity index is 505. The molecule has 1 unspecified atom stereocenters. The number of pyridine rings is 1. The number of aliphatic carboxylic acids is 1. The van der Waals surface area contributed by atoms with Gasteiger partial charge >= 0.3 is 5.97 Å². The third-order valence-corrected chi connectivity index (χ3v) is 2.32. The summed E-state index contributed by atoms with van der Waals surface area (Å²) in [4.78, 5) is 14.8. The highest BCUT2D eigenvalue weighted by molar-refractivity contribution is 5.89. The van der Waals surface area contributed by atoms with Crippen molar-refractivity contribution >= 4 is 16.7 Å². The highest BCUT2D eigenvalue weighted by Gasteiger charge is 2.16. The van der Waals surface area contributed by atoms with Gasteiger partial charge in [-0.05, 0) is 17.0 Å². The number of nitrogens with two attached hydrogens (primary N) is 1. The predicted molar refractivity (Wildman–Crippen MR) is 56.3 cm³/mol. The maximum atomic E-state index is 10.8. The molecule has 0 fully saturated rings. The van der Waals surface area contributed by atoms with Gasteiger partial charge in [0.2, 0.25) is 0 Å². The number of carboxylic acid groups (broad SMARTS) is 1. The van der Waals surface area contributed by atoms with E-state index in [1.54, 1.807) is 24.5 Å². The molecule has 3 N–H and O–H groups in total. The van der Waals surface area contributed by atoms with Gasteiger partial charge in [0.05, 0.1) is 0 Å². The van der Waals surface area contributed by atoms with Gasteiger partial charge in [-0.3, -0.25) is 9.78 Å². The van der Waals surface area contributed by atoms with E-state index in [2.05, 4.69) is 4.98 Å². The van der Waals surface area contributed by atoms with Gasteiger partial charge in [0.25, 0.3) is 0 Å². The molecule has 1 atom stereocenters. The van der Waals surface area contributed by atoms with Crippen LogP contribution < -0.4 is 5.73 Å². The van der Waals surface area contributed by atoms with Gasteiger partial charge in [-0.15, -0.1) is 0 Å². The van der Waals surface area contributed by atoms with Gasteiger partial charge in [-0.25, -0.2) is 0 Å². The molecular weight excluding hydrogens is 192 g/mol. The Balaban J connectivity index is 2.65. The maximum absolute atomic E-state index is 10.8. The SMILES string of the molecule is NC(C(=O)O)c1cccc2ccncc12. The predicted octanol–water partition coefficient (Wildman–Crippen LogP) is 1.32. The van der Waals surface area contributed by atoms with Crippen LogP contribution in [0.2, 0.25) is 0 Å². The summed E-state index contributed by atoms with van der Waals surface area (Å²) in [6.07, 6.45) is 3.30. The number of benzene rings is 1. The minimum atomic E-state index is -1.04. The van der Waals surface area contributed by atoms with Crippen molar-refractivity contribution < 1.29 is 9.90 Å². The summed E-state index contributed by atoms with van der Waals surface area (Å²) < 4.78 is 0. The molecular formula is C11H10N2O2. The number of aromatic nitrogens is 1. The van der Waals surface area contributed by atoms with E-state index in [4.69, 9.17) is 10.8 Å². The zero-order valence-electron chi connectivity index (χ0n) is 7.92. The largest absolute Gasteiger partial charge is 0.480 e. The lowest BCUT2D eigenvalue weighted by atomic mass is 10.0. The summed E-state index contributed by atoms with van der Waals surface area (Å²) >= 11 is 0. The quantitative estimate of drug-likeness (QED) is 0.770. The van der Waals surface area contributed by atoms with E-state index < -0.39 is 12.0 Å². The number of hydrogen-bond acceptors (Lipinski definition) is 3. The van der Waals surface area contributed by atoms with Crippen molar-refractivity contribution in [2.75, 3.05) is 0 Å². The first-order chi connectivity index (χ1) is 7.20. The lowest BCUT2D eigenvalue weighted by molar-refractivity contribution is -0.138. The molecule has 0 saturated carbocycles. The van der Waals surface area contributed by atoms with Gasteiger partial charge in [0.15, 0.2) is 0 Å². The zero-order chi connectivity index (χ0) is 10.8. The molecule has 4 nitrogen and oxygen atoms in total. The molecule has 0 aliphatic rings. The molecule has 0 saturated heterocycles. The van der Waals surface area contributed by atoms with Crippen LogP contribution in [-0.4, -0.2) is 16.1 Å². The number of carbonyl (C=O) groups is 1. The van der Waals surface area contributed by atoms with Crippen molar-refractivity contribution in [3.05, 3.63) is 42.2 Å². The Morgan fingerprint density at radius 3 is 2.93 bits per heavy atom. The number of rotatable bonds is 2. The zero-order valence-corrected chi connectivity index (χ0v) is 7.92. The molecule has 0 spiro atoms. The molecule has 1 aromatic heterocycles. The summed E-state index contributed by atoms with van der Waals surface area (Å²) in [6.45, 7) is 0. The summed E-state index contributed by atoms with van der Waals surface area (Å²) in [7, 11) is 0. The number of fused-ring (bicyclic) bond motifs is 1. The molecule has 4 heteroatoms. The van der Waals surface area contributed by atoms with Crippen molar-refractivity contribution in [2.45, 2.75) is 6.04 Å². The Labute approximate surface area is 86.4 Å². The van der Waals surface area contributed by atoms with E-state index in [0.29, 0.717) is 5.56 Å². The number of nitrogens with zero attached hydrogens (tertiary/aromatic N) is 1. The van der Waals surface area contributed by atoms with Gasteiger partial charge in [-0.2, -0.15) is 0 Å². The average Bonchev–Trinajstić information content (AvgIpc) is 2.27. The van der Waals surface area contributed by atoms with E-state index in [9.17, 15) is 4.79 Å². The second-order valence-electron chi connectivity index (χ2n) is 3.26. The van der Waals surface area contributed by atoms with Crippen molar-refractivity contribution in [2.24, 2.45) is 5.73 Å². The third-order valence-electron chi connectivity index (χ3n) is 2.32. The Morgan fingerprint density at radius 1 is 1.40 bits per heavy atom. The first-order valence-corrected chi connectivity index (χ1v) is 4.51. The molecule has 1 heterocycles. The fraction of sp³-hybridized carbons (Fsp3) is 0.0909. The summed E-state index contributed by atoms with van der Waals surface area (Å²) in [5.41, 5.74) is 6.17. The number of carboxylic acids is 1. The fourth-order valence-corrected chi connectivity index (χ4v) is 1.54. The summed E-state index contributed by atoms with van der Waals surface area (Å²) in [6, 6.07) is 6.23. The second-order valence-corrected chi connectivity index (χ2v) is 3.26. The Morgan fingerprint density at radius 2 is 2.20 bits per heavy atom. The number of hydrogen-bond donors (Lipinski definition) is 2. The molecule has 0 bridgehead atoms. The fourth-order valence-electron chi connectivity index (χ4n) is 1.54. The van der Waals surface area contributed by atoms with Crippen LogP contribution in [0.1, 0.15) is 11.6 Å². The Kier molecular flexibility index (Phi) is 2.35. The van der Waals surface area contributed by atoms with E-state index >= 15 is 0 Å². The van der Waals surface area contributed by atoms with E-state index in [1.807, 2.05) is 12.1 Å². The first kappa shape index (κ1) is 9.61. The van der Waals surface area contributed by atoms with Crippen LogP contribution in [0.5, 0.6) is 0 Å². The van der Waals surface area contributed by atoms with E-state index in [1.165, 1.54) is 0 Å². The minimum absolute atomic E-state index is 0.591. The highest BCUT2D eigenvalue weighted by atomic mass is 16.4. The lowest BCUT2D eigenvalue weighted by Crippen LogP contribution is -2.20. The van der Waals surface area contributed by atoms with Gasteiger partial charge in [0, 0.05) is 17.8 Å². The molecule has 2 rings (SSSR count). The van der Waals surface area contributed by atoms with Crippen LogP contribution >= 0.6 is 0 Å². The molecule has 76 valence electrons. The van der Waals surface area contributed by atoms with Crippen molar-refractivity contribution in [3.63, 3.8) is 0 Å². The molecule has 15 heavy (non-hydrogen) atoms. The van der Waals surface area contributed by atoms with Crippen LogP contribution in [0, 0.1) is 0 Å². The third kappa shape index (κ3) is 1.67. The second kappa shape index (κ2) is 3.67. The molecule has 0 radical (unpaired) electrons. The van der Waals surface area contributed by atoms with Crippen LogP contribution in [-0.2, 0) is 4.79 Å². The van der Waals surface area contributed by atoms with Crippen LogP contribution in [0.4, 0.5) is 0 Å². The first-order valence-electron chi connectivity index (χ1n) is 4.51. The molecule has 0 aliphatic carbocycles. The van der Waals surface area contributed by atoms with Crippen LogP contribution in [0.25, 0.3) is 10.8 Å². The Hall–Kier alpha value is -1.94. The van der Waals surface area contributed by atoms with Gasteiger partial charge in [-0.1, -0.05) is 18.2 Å². The molecule has 0 amide bonds. The van der Waals surface area contributed by atoms with Gasteiger partial charge in [0.1, 0.15) is 6.04 Å². The monoisotopic (exact) mass is 202 g/mol. The molecule has 0 aliphatic heterocycles. The summed E-state index contributed by atoms with van der Waals surface area (Å²) in [5, 5.41) is 10.6. The average molecular weight is 202 g/mol. The topological polar surface area (TPSA) is 76.2 Å². The molecule has 2 aromatic rings. The smallest absolute Gasteiger partial charge is 0.325 e. The van der Waals surface area contributed by atoms with E-state index in [0.717, 1.165) is 10.8 Å². The molecule has 1 aromatic carbocycles. The lowest BCUT2D eigenvalue weighted by Gasteiger charge is -2.09. The van der Waals surface area contributed by atoms with E-state index in [-0.39, 0.29) is 0 Å². The maximum Gasteiger partial charge on any atom is 0.325 e. The van der Waals surface area contributed by atoms with Gasteiger partial charge < -0.3 is 10.8 Å². The highest BCUT2D eigenvalue weighted by Crippen LogP contribution is 2.22. The minimum Gasteiger partial charge on any atom is -0.480 e. The van der Waals surface area contributed by atoms with Crippen LogP contribution in [0.15, 0.2) is 36.7 Å². The van der Waals surface area contributed by atoms with Crippen LogP contribution in [0.3, 0.4) is 0 Å². The normalized spacial score (nSPS) is 12.6. The van der Waals surface area contributed by atoms with Crippen molar-refractivity contribution in [1.29, 1.82) is 0 Å². The van der Waals surface area contributed by atoms with Crippen molar-refractivity contribution in [1.82, 2.24) is 4.98 Å². The summed E-state index contributed by atoms with van der Waals surface area (Å²) in [5.74, 6) is -1.04. The standard InChI is InChI=1S/C11H10N2O2/c12-10(11(14)15)8-3-1-2-7-4-5-13-6-9(7)8/h1-6,10H,12H2,(H,14,15). The van der Waals surface area contributed by atoms with Crippen molar-refractivity contribution in [3.8, 4) is 0 Å².